The van der Waals surface area contributed by atoms with Gasteiger partial charge in [0.25, 0.3) is 0 Å². The molecule has 0 saturated carbocycles. The summed E-state index contributed by atoms with van der Waals surface area (Å²) in [5.74, 6) is 0. The Bertz CT molecular complexity index is 315. The first kappa shape index (κ1) is 9.63. The third kappa shape index (κ3) is 3.80. The first-order chi connectivity index (χ1) is 5.58. The van der Waals surface area contributed by atoms with E-state index in [1.54, 1.807) is 0 Å². The summed E-state index contributed by atoms with van der Waals surface area (Å²) >= 11 is 0. The summed E-state index contributed by atoms with van der Waals surface area (Å²) in [7, 11) is -3.88. The van der Waals surface area contributed by atoms with E-state index in [4.69, 9.17) is 9.79 Å². The molecular formula is C7H9O3P2+. The number of benzene rings is 1. The van der Waals surface area contributed by atoms with Gasteiger partial charge in [-0.15, -0.1) is 0 Å². The second-order valence-electron chi connectivity index (χ2n) is 2.23. The molecule has 5 heteroatoms. The molecule has 0 radical (unpaired) electrons. The van der Waals surface area contributed by atoms with Crippen LogP contribution in [0.25, 0.3) is 0 Å². The zero-order valence-corrected chi connectivity index (χ0v) is 8.11. The minimum absolute atomic E-state index is 0.0678. The third-order valence-corrected chi connectivity index (χ3v) is 3.70. The van der Waals surface area contributed by atoms with Gasteiger partial charge in [-0.25, -0.2) is 0 Å². The molecule has 0 heterocycles. The van der Waals surface area contributed by atoms with Crippen LogP contribution in [0, 0.1) is 0 Å². The van der Waals surface area contributed by atoms with E-state index in [9.17, 15) is 4.57 Å². The largest absolute Gasteiger partial charge is 0.390 e. The molecule has 1 aromatic rings. The SMILES string of the molecule is O=P(O)(O)C=[PH+]c1ccccc1. The number of rotatable bonds is 2. The van der Waals surface area contributed by atoms with Gasteiger partial charge in [-0.2, -0.15) is 0 Å². The van der Waals surface area contributed by atoms with Gasteiger partial charge in [0.05, 0.1) is 0 Å². The average molecular weight is 203 g/mol. The molecule has 2 N–H and O–H groups in total. The summed E-state index contributed by atoms with van der Waals surface area (Å²) in [5, 5.41) is 0.931. The van der Waals surface area contributed by atoms with Gasteiger partial charge in [-0.05, 0) is 12.1 Å². The molecule has 1 rings (SSSR count). The smallest absolute Gasteiger partial charge is 0.319 e. The highest BCUT2D eigenvalue weighted by Gasteiger charge is 2.11. The first-order valence-corrected chi connectivity index (χ1v) is 6.05. The Balaban J connectivity index is 2.78. The fourth-order valence-electron chi connectivity index (χ4n) is 0.693. The molecule has 12 heavy (non-hydrogen) atoms. The van der Waals surface area contributed by atoms with Crippen LogP contribution < -0.4 is 5.30 Å². The number of hydrogen-bond acceptors (Lipinski definition) is 1. The van der Waals surface area contributed by atoms with Crippen molar-refractivity contribution in [2.45, 2.75) is 0 Å². The van der Waals surface area contributed by atoms with Gasteiger partial charge in [0, 0.05) is 0 Å². The molecule has 0 aromatic heterocycles. The third-order valence-electron chi connectivity index (χ3n) is 1.17. The molecule has 0 aliphatic heterocycles. The summed E-state index contributed by atoms with van der Waals surface area (Å²) in [4.78, 5) is 17.1. The first-order valence-electron chi connectivity index (χ1n) is 3.29. The topological polar surface area (TPSA) is 57.5 Å². The maximum absolute atomic E-state index is 10.5. The van der Waals surface area contributed by atoms with Gasteiger partial charge >= 0.3 is 7.60 Å². The van der Waals surface area contributed by atoms with Crippen molar-refractivity contribution in [1.29, 1.82) is 0 Å². The van der Waals surface area contributed by atoms with E-state index < -0.39 is 7.60 Å². The molecule has 1 unspecified atom stereocenters. The van der Waals surface area contributed by atoms with Crippen molar-refractivity contribution < 1.29 is 14.4 Å². The summed E-state index contributed by atoms with van der Waals surface area (Å²) in [6.07, 6.45) is 0. The lowest BCUT2D eigenvalue weighted by atomic mass is 10.4. The summed E-state index contributed by atoms with van der Waals surface area (Å²) in [6, 6.07) is 9.23. The average Bonchev–Trinajstić information content (AvgIpc) is 2.02. The molecule has 0 saturated heterocycles. The van der Waals surface area contributed by atoms with E-state index in [0.29, 0.717) is 0 Å². The highest BCUT2D eigenvalue weighted by atomic mass is 31.2. The minimum atomic E-state index is -3.94. The monoisotopic (exact) mass is 203 g/mol. The van der Waals surface area contributed by atoms with E-state index in [1.807, 2.05) is 30.3 Å². The van der Waals surface area contributed by atoms with Crippen LogP contribution in [0.15, 0.2) is 30.3 Å². The van der Waals surface area contributed by atoms with Crippen molar-refractivity contribution in [3.8, 4) is 0 Å². The molecule has 0 spiro atoms. The van der Waals surface area contributed by atoms with E-state index in [2.05, 4.69) is 0 Å². The molecule has 0 fully saturated rings. The lowest BCUT2D eigenvalue weighted by Gasteiger charge is -1.87. The van der Waals surface area contributed by atoms with Crippen LogP contribution in [0.5, 0.6) is 0 Å². The van der Waals surface area contributed by atoms with Gasteiger partial charge in [0.15, 0.2) is 5.54 Å². The second kappa shape index (κ2) is 3.97. The van der Waals surface area contributed by atoms with E-state index >= 15 is 0 Å². The van der Waals surface area contributed by atoms with E-state index in [1.165, 1.54) is 0 Å². The lowest BCUT2D eigenvalue weighted by Crippen LogP contribution is -1.88. The molecule has 1 atom stereocenters. The van der Waals surface area contributed by atoms with Crippen molar-refractivity contribution in [2.75, 3.05) is 0 Å². The fraction of sp³-hybridized carbons (Fsp3) is 0. The van der Waals surface area contributed by atoms with Crippen LogP contribution in [-0.2, 0) is 4.57 Å². The van der Waals surface area contributed by atoms with Crippen LogP contribution in [0.2, 0.25) is 0 Å². The normalized spacial score (nSPS) is 12.2. The van der Waals surface area contributed by atoms with E-state index in [0.717, 1.165) is 10.8 Å². The van der Waals surface area contributed by atoms with Crippen LogP contribution in [0.3, 0.4) is 0 Å². The zero-order chi connectivity index (χ0) is 9.03. The zero-order valence-electron chi connectivity index (χ0n) is 6.21. The summed E-state index contributed by atoms with van der Waals surface area (Å²) in [6.45, 7) is 0. The summed E-state index contributed by atoms with van der Waals surface area (Å²) < 4.78 is 10.5. The standard InChI is InChI=1S/C7H8O3P2/c8-12(9,10)6-11-7-4-2-1-3-5-7/h1-6H,(H2,8,9,10)/p+1. The molecule has 1 aromatic carbocycles. The van der Waals surface area contributed by atoms with Crippen LogP contribution in [0.4, 0.5) is 0 Å². The predicted octanol–water partition coefficient (Wildman–Crippen LogP) is 0.928. The van der Waals surface area contributed by atoms with Crippen molar-refractivity contribution in [2.24, 2.45) is 0 Å². The van der Waals surface area contributed by atoms with Gasteiger partial charge in [0.2, 0.25) is 0 Å². The second-order valence-corrected chi connectivity index (χ2v) is 5.31. The highest BCUT2D eigenvalue weighted by Crippen LogP contribution is 2.32. The fourth-order valence-corrected chi connectivity index (χ4v) is 2.35. The molecule has 0 bridgehead atoms. The Morgan fingerprint density at radius 1 is 1.25 bits per heavy atom. The van der Waals surface area contributed by atoms with Crippen molar-refractivity contribution >= 4 is 26.6 Å². The quantitative estimate of drug-likeness (QED) is 0.703. The molecule has 0 aliphatic rings. The molecule has 0 aliphatic carbocycles. The van der Waals surface area contributed by atoms with Crippen molar-refractivity contribution in [1.82, 2.24) is 0 Å². The van der Waals surface area contributed by atoms with Crippen molar-refractivity contribution in [3.63, 3.8) is 0 Å². The minimum Gasteiger partial charge on any atom is -0.319 e. The Labute approximate surface area is 72.0 Å². The van der Waals surface area contributed by atoms with Gasteiger partial charge in [-0.3, -0.25) is 4.57 Å². The van der Waals surface area contributed by atoms with Gasteiger partial charge < -0.3 is 9.79 Å². The molecule has 3 nitrogen and oxygen atoms in total. The Morgan fingerprint density at radius 3 is 2.33 bits per heavy atom. The number of hydrogen-bond donors (Lipinski definition) is 2. The Hall–Kier alpha value is -0.460. The van der Waals surface area contributed by atoms with E-state index in [-0.39, 0.29) is 8.20 Å². The highest BCUT2D eigenvalue weighted by molar-refractivity contribution is 7.80. The lowest BCUT2D eigenvalue weighted by molar-refractivity contribution is 0.393. The molecule has 0 amide bonds. The van der Waals surface area contributed by atoms with Crippen LogP contribution in [0.1, 0.15) is 0 Å². The summed E-state index contributed by atoms with van der Waals surface area (Å²) in [5.41, 5.74) is 1.04. The van der Waals surface area contributed by atoms with Gasteiger partial charge in [0.1, 0.15) is 13.5 Å². The predicted molar refractivity (Wildman–Crippen MR) is 52.5 cm³/mol. The Kier molecular flexibility index (Phi) is 3.19. The van der Waals surface area contributed by atoms with Crippen LogP contribution >= 0.6 is 15.8 Å². The molecular weight excluding hydrogens is 194 g/mol. The maximum atomic E-state index is 10.5. The maximum Gasteiger partial charge on any atom is 0.390 e. The van der Waals surface area contributed by atoms with Gasteiger partial charge in [-0.1, -0.05) is 18.2 Å². The molecule has 64 valence electrons. The van der Waals surface area contributed by atoms with Crippen molar-refractivity contribution in [3.05, 3.63) is 30.3 Å². The Morgan fingerprint density at radius 2 is 1.83 bits per heavy atom. The van der Waals surface area contributed by atoms with Crippen LogP contribution in [-0.4, -0.2) is 15.3 Å².